The van der Waals surface area contributed by atoms with Crippen molar-refractivity contribution in [3.8, 4) is 5.69 Å². The molecule has 3 aromatic carbocycles. The molecular formula is C24H23ClN4OS. The van der Waals surface area contributed by atoms with E-state index in [1.54, 1.807) is 0 Å². The summed E-state index contributed by atoms with van der Waals surface area (Å²) in [6.45, 7) is 8.12. The number of thioether (sulfide) groups is 1. The predicted octanol–water partition coefficient (Wildman–Crippen LogP) is 6.04. The summed E-state index contributed by atoms with van der Waals surface area (Å²) in [5, 5.41) is 15.0. The molecule has 4 aromatic rings. The molecule has 0 radical (unpaired) electrons. The second-order valence-electron chi connectivity index (χ2n) is 7.57. The minimum absolute atomic E-state index is 0.145. The smallest absolute Gasteiger partial charge is 0.234 e. The van der Waals surface area contributed by atoms with Crippen LogP contribution in [0, 0.1) is 27.7 Å². The van der Waals surface area contributed by atoms with Crippen LogP contribution in [0.15, 0.2) is 53.7 Å². The maximum absolute atomic E-state index is 12.5. The molecule has 0 aliphatic rings. The zero-order chi connectivity index (χ0) is 22.1. The van der Waals surface area contributed by atoms with E-state index < -0.39 is 0 Å². The van der Waals surface area contributed by atoms with Gasteiger partial charge in [-0.25, -0.2) is 0 Å². The molecule has 5 nitrogen and oxygen atoms in total. The Hall–Kier alpha value is -2.83. The topological polar surface area (TPSA) is 59.8 Å². The van der Waals surface area contributed by atoms with Crippen molar-refractivity contribution in [2.45, 2.75) is 32.9 Å². The first-order valence-electron chi connectivity index (χ1n) is 9.95. The van der Waals surface area contributed by atoms with Gasteiger partial charge in [0.2, 0.25) is 5.91 Å². The van der Waals surface area contributed by atoms with Gasteiger partial charge < -0.3 is 5.32 Å². The summed E-state index contributed by atoms with van der Waals surface area (Å²) in [5.74, 6) is 0.830. The number of halogens is 1. The molecule has 0 bridgehead atoms. The maximum Gasteiger partial charge on any atom is 0.234 e. The van der Waals surface area contributed by atoms with Gasteiger partial charge in [-0.2, -0.15) is 0 Å². The first-order chi connectivity index (χ1) is 14.8. The molecule has 0 spiro atoms. The average molecular weight is 451 g/mol. The minimum atomic E-state index is -0.145. The van der Waals surface area contributed by atoms with Gasteiger partial charge in [-0.3, -0.25) is 9.36 Å². The van der Waals surface area contributed by atoms with Crippen LogP contribution in [0.2, 0.25) is 5.02 Å². The molecule has 158 valence electrons. The van der Waals surface area contributed by atoms with E-state index in [9.17, 15) is 4.79 Å². The van der Waals surface area contributed by atoms with Crippen LogP contribution in [-0.2, 0) is 4.79 Å². The molecule has 1 heterocycles. The number of amides is 1. The largest absolute Gasteiger partial charge is 0.324 e. The maximum atomic E-state index is 12.5. The van der Waals surface area contributed by atoms with Crippen molar-refractivity contribution in [1.82, 2.24) is 14.8 Å². The van der Waals surface area contributed by atoms with Crippen LogP contribution in [0.25, 0.3) is 16.5 Å². The van der Waals surface area contributed by atoms with E-state index in [4.69, 9.17) is 11.6 Å². The number of aromatic nitrogens is 3. The molecule has 0 saturated carbocycles. The highest BCUT2D eigenvalue weighted by Gasteiger charge is 2.17. The fraction of sp³-hybridized carbons (Fsp3) is 0.208. The van der Waals surface area contributed by atoms with Crippen LogP contribution in [0.4, 0.5) is 5.69 Å². The van der Waals surface area contributed by atoms with Crippen molar-refractivity contribution in [3.05, 3.63) is 76.1 Å². The lowest BCUT2D eigenvalue weighted by molar-refractivity contribution is -0.113. The zero-order valence-electron chi connectivity index (χ0n) is 17.9. The van der Waals surface area contributed by atoms with Crippen molar-refractivity contribution in [2.75, 3.05) is 11.1 Å². The highest BCUT2D eigenvalue weighted by molar-refractivity contribution is 7.99. The van der Waals surface area contributed by atoms with Gasteiger partial charge in [-0.1, -0.05) is 53.7 Å². The number of benzene rings is 3. The summed E-state index contributed by atoms with van der Waals surface area (Å²) in [5.41, 5.74) is 5.13. The Morgan fingerprint density at radius 1 is 1.03 bits per heavy atom. The van der Waals surface area contributed by atoms with Gasteiger partial charge in [0.05, 0.1) is 22.2 Å². The Labute approximate surface area is 190 Å². The van der Waals surface area contributed by atoms with Gasteiger partial charge in [-0.05, 0) is 68.0 Å². The van der Waals surface area contributed by atoms with E-state index in [1.807, 2.05) is 48.7 Å². The molecule has 0 unspecified atom stereocenters. The molecule has 4 rings (SSSR count). The van der Waals surface area contributed by atoms with E-state index in [-0.39, 0.29) is 11.7 Å². The first-order valence-corrected chi connectivity index (χ1v) is 11.3. The van der Waals surface area contributed by atoms with Gasteiger partial charge in [0.15, 0.2) is 5.16 Å². The van der Waals surface area contributed by atoms with Gasteiger partial charge in [0.1, 0.15) is 5.82 Å². The standard InChI is InChI=1S/C24H23ClN4OS/c1-14-9-10-21(20(25)11-14)26-23(30)13-31-24-28-27-17(4)29(24)22-12-15(2)16(3)18-7-5-6-8-19(18)22/h5-12H,13H2,1-4H3,(H,26,30). The molecule has 1 N–H and O–H groups in total. The minimum Gasteiger partial charge on any atom is -0.324 e. The van der Waals surface area contributed by atoms with Gasteiger partial charge in [0.25, 0.3) is 0 Å². The molecule has 0 fully saturated rings. The molecular weight excluding hydrogens is 428 g/mol. The number of fused-ring (bicyclic) bond motifs is 1. The number of hydrogen-bond donors (Lipinski definition) is 1. The van der Waals surface area contributed by atoms with E-state index in [0.29, 0.717) is 15.9 Å². The van der Waals surface area contributed by atoms with Crippen LogP contribution in [-0.4, -0.2) is 26.4 Å². The molecule has 0 atom stereocenters. The molecule has 0 aliphatic heterocycles. The third-order valence-corrected chi connectivity index (χ3v) is 6.56. The van der Waals surface area contributed by atoms with Crippen molar-refractivity contribution in [1.29, 1.82) is 0 Å². The van der Waals surface area contributed by atoms with Gasteiger partial charge in [0, 0.05) is 5.39 Å². The number of rotatable bonds is 5. The van der Waals surface area contributed by atoms with Crippen LogP contribution in [0.1, 0.15) is 22.5 Å². The summed E-state index contributed by atoms with van der Waals surface area (Å²) >= 11 is 7.59. The summed E-state index contributed by atoms with van der Waals surface area (Å²) in [7, 11) is 0. The number of aryl methyl sites for hydroxylation is 4. The Kier molecular flexibility index (Phi) is 6.03. The highest BCUT2D eigenvalue weighted by Crippen LogP contribution is 2.31. The average Bonchev–Trinajstić information content (AvgIpc) is 3.11. The quantitative estimate of drug-likeness (QED) is 0.376. The van der Waals surface area contributed by atoms with Crippen molar-refractivity contribution in [2.24, 2.45) is 0 Å². The van der Waals surface area contributed by atoms with Gasteiger partial charge >= 0.3 is 0 Å². The monoisotopic (exact) mass is 450 g/mol. The van der Waals surface area contributed by atoms with E-state index in [2.05, 4.69) is 47.6 Å². The van der Waals surface area contributed by atoms with Crippen molar-refractivity contribution in [3.63, 3.8) is 0 Å². The Balaban J connectivity index is 1.61. The fourth-order valence-corrected chi connectivity index (χ4v) is 4.65. The lowest BCUT2D eigenvalue weighted by atomic mass is 9.99. The fourth-order valence-electron chi connectivity index (χ4n) is 3.57. The molecule has 0 aliphatic carbocycles. The Morgan fingerprint density at radius 2 is 1.77 bits per heavy atom. The SMILES string of the molecule is Cc1ccc(NC(=O)CSc2nnc(C)n2-c2cc(C)c(C)c3ccccc23)c(Cl)c1. The second kappa shape index (κ2) is 8.73. The second-order valence-corrected chi connectivity index (χ2v) is 8.92. The van der Waals surface area contributed by atoms with E-state index >= 15 is 0 Å². The lowest BCUT2D eigenvalue weighted by Crippen LogP contribution is -2.15. The number of carbonyl (C=O) groups is 1. The van der Waals surface area contributed by atoms with E-state index in [1.165, 1.54) is 28.3 Å². The van der Waals surface area contributed by atoms with Crippen LogP contribution >= 0.6 is 23.4 Å². The predicted molar refractivity (Wildman–Crippen MR) is 129 cm³/mol. The van der Waals surface area contributed by atoms with Gasteiger partial charge in [-0.15, -0.1) is 10.2 Å². The van der Waals surface area contributed by atoms with Crippen molar-refractivity contribution >= 4 is 45.7 Å². The number of hydrogen-bond acceptors (Lipinski definition) is 4. The number of carbonyl (C=O) groups excluding carboxylic acids is 1. The Bertz CT molecular complexity index is 1300. The van der Waals surface area contributed by atoms with Crippen molar-refractivity contribution < 1.29 is 4.79 Å². The number of nitrogens with zero attached hydrogens (tertiary/aromatic N) is 3. The summed E-state index contributed by atoms with van der Waals surface area (Å²) < 4.78 is 2.02. The van der Waals surface area contributed by atoms with E-state index in [0.717, 1.165) is 22.5 Å². The third kappa shape index (κ3) is 4.31. The molecule has 31 heavy (non-hydrogen) atoms. The molecule has 1 aromatic heterocycles. The van der Waals surface area contributed by atoms with Crippen LogP contribution in [0.5, 0.6) is 0 Å². The Morgan fingerprint density at radius 3 is 2.52 bits per heavy atom. The number of nitrogens with one attached hydrogen (secondary N) is 1. The molecule has 1 amide bonds. The summed E-state index contributed by atoms with van der Waals surface area (Å²) in [6, 6.07) is 16.0. The normalized spacial score (nSPS) is 11.1. The zero-order valence-corrected chi connectivity index (χ0v) is 19.4. The lowest BCUT2D eigenvalue weighted by Gasteiger charge is -2.15. The highest BCUT2D eigenvalue weighted by atomic mass is 35.5. The first kappa shape index (κ1) is 21.4. The number of anilines is 1. The summed E-state index contributed by atoms with van der Waals surface area (Å²) in [4.78, 5) is 12.5. The molecule has 0 saturated heterocycles. The molecule has 7 heteroatoms. The van der Waals surface area contributed by atoms with Crippen LogP contribution < -0.4 is 5.32 Å². The third-order valence-electron chi connectivity index (χ3n) is 5.32. The summed E-state index contributed by atoms with van der Waals surface area (Å²) in [6.07, 6.45) is 0. The van der Waals surface area contributed by atoms with Crippen LogP contribution in [0.3, 0.4) is 0 Å².